The number of nitrogens with one attached hydrogen (secondary N) is 1. The van der Waals surface area contributed by atoms with Crippen LogP contribution < -0.4 is 5.32 Å². The summed E-state index contributed by atoms with van der Waals surface area (Å²) in [6, 6.07) is 15.2. The van der Waals surface area contributed by atoms with Crippen molar-refractivity contribution in [2.24, 2.45) is 29.1 Å². The molecule has 2 bridgehead atoms. The fraction of sp³-hybridized carbons (Fsp3) is 0.622. The van der Waals surface area contributed by atoms with Crippen molar-refractivity contribution in [1.29, 1.82) is 0 Å². The molecule has 2 aromatic rings. The van der Waals surface area contributed by atoms with Gasteiger partial charge in [-0.05, 0) is 97.8 Å². The van der Waals surface area contributed by atoms with Crippen LogP contribution in [0.1, 0.15) is 62.9 Å². The Labute approximate surface area is 273 Å². The van der Waals surface area contributed by atoms with E-state index in [-0.39, 0.29) is 24.5 Å². The Kier molecular flexibility index (Phi) is 9.61. The monoisotopic (exact) mass is 632 g/mol. The molecule has 46 heavy (non-hydrogen) atoms. The van der Waals surface area contributed by atoms with Gasteiger partial charge in [0.25, 0.3) is 5.91 Å². The molecule has 5 fully saturated rings. The van der Waals surface area contributed by atoms with E-state index in [1.807, 2.05) is 47.4 Å². The van der Waals surface area contributed by atoms with Crippen molar-refractivity contribution in [3.05, 3.63) is 59.7 Å². The quantitative estimate of drug-likeness (QED) is 0.407. The van der Waals surface area contributed by atoms with Crippen LogP contribution in [0.15, 0.2) is 48.5 Å². The molecule has 8 atom stereocenters. The molecule has 0 spiro atoms. The highest BCUT2D eigenvalue weighted by Crippen LogP contribution is 2.61. The number of nitrogens with zero attached hydrogens (tertiary/aromatic N) is 3. The topological polar surface area (TPSA) is 106 Å². The summed E-state index contributed by atoms with van der Waals surface area (Å²) in [6.45, 7) is 12.0. The van der Waals surface area contributed by atoms with Gasteiger partial charge in [0.15, 0.2) is 0 Å². The van der Waals surface area contributed by atoms with E-state index in [0.717, 1.165) is 55.7 Å². The average molecular weight is 633 g/mol. The number of carbonyl (C=O) groups excluding carboxylic acids is 2. The molecule has 2 saturated heterocycles. The van der Waals surface area contributed by atoms with Crippen LogP contribution in [0.2, 0.25) is 0 Å². The SMILES string of the molecule is C[C@@H]1[C@@H](NC(=O)[C@@H]2[C@H]([C@H](C)O)[C@H](CO)ON2Cc2cccc(-c3cccc(C(=O)N4CCCN(C)CC4)c3)c2)C[C@H]2C[C@@H]1C2(C)C. The highest BCUT2D eigenvalue weighted by molar-refractivity contribution is 5.95. The largest absolute Gasteiger partial charge is 0.394 e. The second kappa shape index (κ2) is 13.4. The number of fused-ring (bicyclic) bond motifs is 2. The van der Waals surface area contributed by atoms with Crippen molar-refractivity contribution >= 4 is 11.8 Å². The summed E-state index contributed by atoms with van der Waals surface area (Å²) in [6.07, 6.45) is 1.63. The van der Waals surface area contributed by atoms with E-state index in [0.29, 0.717) is 35.3 Å². The predicted octanol–water partition coefficient (Wildman–Crippen LogP) is 3.79. The highest BCUT2D eigenvalue weighted by atomic mass is 16.7. The molecule has 3 N–H and O–H groups in total. The lowest BCUT2D eigenvalue weighted by Gasteiger charge is -2.62. The fourth-order valence-electron chi connectivity index (χ4n) is 8.78. The van der Waals surface area contributed by atoms with E-state index in [4.69, 9.17) is 4.84 Å². The van der Waals surface area contributed by atoms with Crippen molar-refractivity contribution < 1.29 is 24.6 Å². The molecule has 9 heteroatoms. The van der Waals surface area contributed by atoms with Gasteiger partial charge in [-0.2, -0.15) is 5.06 Å². The Balaban J connectivity index is 1.19. The van der Waals surface area contributed by atoms with Crippen molar-refractivity contribution in [2.75, 3.05) is 39.8 Å². The predicted molar refractivity (Wildman–Crippen MR) is 177 cm³/mol. The van der Waals surface area contributed by atoms with E-state index in [2.05, 4.69) is 44.1 Å². The van der Waals surface area contributed by atoms with Gasteiger partial charge in [-0.25, -0.2) is 0 Å². The minimum absolute atomic E-state index is 0.0555. The maximum Gasteiger partial charge on any atom is 0.253 e. The summed E-state index contributed by atoms with van der Waals surface area (Å²) in [5.41, 5.74) is 3.83. The van der Waals surface area contributed by atoms with Crippen LogP contribution in [0.5, 0.6) is 0 Å². The Hall–Kier alpha value is -2.82. The van der Waals surface area contributed by atoms with Crippen LogP contribution in [0.4, 0.5) is 0 Å². The summed E-state index contributed by atoms with van der Waals surface area (Å²) in [5.74, 6) is 0.904. The molecule has 3 aliphatic carbocycles. The lowest BCUT2D eigenvalue weighted by atomic mass is 9.45. The minimum Gasteiger partial charge on any atom is -0.394 e. The van der Waals surface area contributed by atoms with Gasteiger partial charge in [0.05, 0.1) is 19.3 Å². The normalized spacial score (nSPS) is 32.0. The van der Waals surface area contributed by atoms with Crippen LogP contribution >= 0.6 is 0 Å². The van der Waals surface area contributed by atoms with Crippen molar-refractivity contribution in [3.63, 3.8) is 0 Å². The third-order valence-corrected chi connectivity index (χ3v) is 11.8. The lowest BCUT2D eigenvalue weighted by Crippen LogP contribution is -2.62. The van der Waals surface area contributed by atoms with Gasteiger partial charge in [-0.15, -0.1) is 0 Å². The van der Waals surface area contributed by atoms with Crippen molar-refractivity contribution in [1.82, 2.24) is 20.2 Å². The maximum absolute atomic E-state index is 14.0. The van der Waals surface area contributed by atoms with Gasteiger partial charge in [0.1, 0.15) is 12.1 Å². The number of rotatable bonds is 8. The average Bonchev–Trinajstić information content (AvgIpc) is 3.27. The molecule has 2 amide bonds. The first-order valence-corrected chi connectivity index (χ1v) is 17.2. The van der Waals surface area contributed by atoms with Crippen LogP contribution in [-0.2, 0) is 16.2 Å². The first kappa shape index (κ1) is 33.1. The first-order chi connectivity index (χ1) is 22.0. The molecule has 7 rings (SSSR count). The zero-order chi connectivity index (χ0) is 32.7. The lowest BCUT2D eigenvalue weighted by molar-refractivity contribution is -0.183. The molecule has 0 unspecified atom stereocenters. The zero-order valence-corrected chi connectivity index (χ0v) is 28.1. The van der Waals surface area contributed by atoms with E-state index in [1.54, 1.807) is 12.0 Å². The van der Waals surface area contributed by atoms with Gasteiger partial charge in [0, 0.05) is 37.2 Å². The van der Waals surface area contributed by atoms with Gasteiger partial charge in [-0.3, -0.25) is 14.4 Å². The van der Waals surface area contributed by atoms with Crippen molar-refractivity contribution in [2.45, 2.75) is 77.8 Å². The number of aliphatic hydroxyl groups excluding tert-OH is 2. The number of benzene rings is 2. The molecule has 250 valence electrons. The minimum atomic E-state index is -0.842. The Morgan fingerprint density at radius 1 is 1.04 bits per heavy atom. The number of hydrogen-bond acceptors (Lipinski definition) is 7. The molecule has 2 heterocycles. The molecular weight excluding hydrogens is 580 g/mol. The van der Waals surface area contributed by atoms with E-state index >= 15 is 0 Å². The maximum atomic E-state index is 14.0. The molecule has 5 aliphatic rings. The number of likely N-dealkylation sites (N-methyl/N-ethyl adjacent to an activating group) is 1. The standard InChI is InChI=1S/C37H52N4O5/c1-23-30-19-29(37(30,3)4)20-31(23)38-35(44)34-33(24(2)43)32(22-42)46-41(34)21-25-9-6-10-26(17-25)27-11-7-12-28(18-27)36(45)40-14-8-13-39(5)15-16-40/h6-7,9-12,17-18,23-24,29-34,42-43H,8,13-16,19-22H2,1-5H3,(H,38,44)/t23-,24-,29+,30-,31-,32-,33+,34-/m0/s1. The second-order valence-corrected chi connectivity index (χ2v) is 15.0. The Bertz CT molecular complexity index is 1410. The molecule has 0 radical (unpaired) electrons. The van der Waals surface area contributed by atoms with Crippen LogP contribution in [0.3, 0.4) is 0 Å². The van der Waals surface area contributed by atoms with Gasteiger partial charge in [0.2, 0.25) is 5.91 Å². The Morgan fingerprint density at radius 3 is 2.48 bits per heavy atom. The number of carbonyl (C=O) groups is 2. The zero-order valence-electron chi connectivity index (χ0n) is 28.1. The third kappa shape index (κ3) is 6.37. The molecule has 0 aromatic heterocycles. The number of hydrogen-bond donors (Lipinski definition) is 3. The summed E-state index contributed by atoms with van der Waals surface area (Å²) < 4.78 is 0. The first-order valence-electron chi connectivity index (χ1n) is 17.2. The Morgan fingerprint density at radius 2 is 1.78 bits per heavy atom. The van der Waals surface area contributed by atoms with Crippen LogP contribution in [0.25, 0.3) is 11.1 Å². The van der Waals surface area contributed by atoms with E-state index in [1.165, 1.54) is 6.42 Å². The molecule has 9 nitrogen and oxygen atoms in total. The molecule has 2 aromatic carbocycles. The second-order valence-electron chi connectivity index (χ2n) is 15.0. The summed E-state index contributed by atoms with van der Waals surface area (Å²) in [7, 11) is 2.09. The van der Waals surface area contributed by atoms with E-state index in [9.17, 15) is 19.8 Å². The number of hydroxylamine groups is 2. The van der Waals surface area contributed by atoms with E-state index < -0.39 is 24.2 Å². The summed E-state index contributed by atoms with van der Waals surface area (Å²) in [5, 5.41) is 26.0. The van der Waals surface area contributed by atoms with Crippen LogP contribution in [-0.4, -0.2) is 101 Å². The summed E-state index contributed by atoms with van der Waals surface area (Å²) in [4.78, 5) is 37.8. The molecule has 3 saturated carbocycles. The number of aliphatic hydroxyl groups is 2. The number of amides is 2. The molecular formula is C37H52N4O5. The third-order valence-electron chi connectivity index (χ3n) is 11.8. The van der Waals surface area contributed by atoms with Gasteiger partial charge >= 0.3 is 0 Å². The van der Waals surface area contributed by atoms with Crippen LogP contribution in [0, 0.1) is 29.1 Å². The fourth-order valence-corrected chi connectivity index (χ4v) is 8.78. The van der Waals surface area contributed by atoms with Crippen molar-refractivity contribution in [3.8, 4) is 11.1 Å². The van der Waals surface area contributed by atoms with Gasteiger partial charge in [-0.1, -0.05) is 51.1 Å². The molecule has 2 aliphatic heterocycles. The smallest absolute Gasteiger partial charge is 0.253 e. The summed E-state index contributed by atoms with van der Waals surface area (Å²) >= 11 is 0. The highest BCUT2D eigenvalue weighted by Gasteiger charge is 2.57. The van der Waals surface area contributed by atoms with Gasteiger partial charge < -0.3 is 25.3 Å².